The molecule has 84 valence electrons. The molecule has 0 aliphatic rings. The minimum absolute atomic E-state index is 0.487. The summed E-state index contributed by atoms with van der Waals surface area (Å²) in [4.78, 5) is 10.8. The van der Waals surface area contributed by atoms with E-state index in [1.807, 2.05) is 25.8 Å². The van der Waals surface area contributed by atoms with Crippen molar-refractivity contribution in [3.05, 3.63) is 16.5 Å². The zero-order valence-corrected chi connectivity index (χ0v) is 10.8. The largest absolute Gasteiger partial charge is 0.357 e. The van der Waals surface area contributed by atoms with E-state index in [2.05, 4.69) is 23.8 Å². The lowest BCUT2D eigenvalue weighted by Gasteiger charge is -2.21. The third-order valence-electron chi connectivity index (χ3n) is 2.25. The Morgan fingerprint density at radius 1 is 1.20 bits per heavy atom. The van der Waals surface area contributed by atoms with Gasteiger partial charge in [-0.05, 0) is 19.8 Å². The fraction of sp³-hybridized carbons (Fsp3) is 0.636. The maximum atomic E-state index is 6.06. The van der Waals surface area contributed by atoms with Crippen molar-refractivity contribution in [2.45, 2.75) is 27.7 Å². The first-order valence-corrected chi connectivity index (χ1v) is 5.51. The quantitative estimate of drug-likeness (QED) is 0.795. The van der Waals surface area contributed by atoms with E-state index in [1.165, 1.54) is 0 Å². The molecule has 0 spiro atoms. The first-order chi connectivity index (χ1) is 6.91. The molecule has 1 rings (SSSR count). The Kier molecular flexibility index (Phi) is 3.91. The first-order valence-electron chi connectivity index (χ1n) is 5.13. The molecule has 0 saturated carbocycles. The van der Waals surface area contributed by atoms with E-state index in [-0.39, 0.29) is 0 Å². The van der Waals surface area contributed by atoms with Crippen LogP contribution in [0.2, 0.25) is 5.15 Å². The maximum absolute atomic E-state index is 6.06. The lowest BCUT2D eigenvalue weighted by molar-refractivity contribution is 0.633. The van der Waals surface area contributed by atoms with Gasteiger partial charge in [-0.1, -0.05) is 25.4 Å². The van der Waals surface area contributed by atoms with Crippen LogP contribution in [-0.4, -0.2) is 23.6 Å². The lowest BCUT2D eigenvalue weighted by atomic mass is 10.2. The zero-order valence-electron chi connectivity index (χ0n) is 10.0. The van der Waals surface area contributed by atoms with E-state index < -0.39 is 0 Å². The summed E-state index contributed by atoms with van der Waals surface area (Å²) in [6.07, 6.45) is 0. The Hall–Kier alpha value is -0.830. The maximum Gasteiger partial charge on any atom is 0.171 e. The van der Waals surface area contributed by atoms with Crippen LogP contribution >= 0.6 is 11.6 Å². The third kappa shape index (κ3) is 3.06. The Balaban J connectivity index is 2.98. The molecule has 0 aromatic carbocycles. The van der Waals surface area contributed by atoms with E-state index in [0.717, 1.165) is 23.8 Å². The first kappa shape index (κ1) is 12.2. The predicted molar refractivity (Wildman–Crippen MR) is 64.6 cm³/mol. The average molecular weight is 228 g/mol. The average Bonchev–Trinajstić information content (AvgIpc) is 2.09. The highest BCUT2D eigenvalue weighted by Crippen LogP contribution is 2.22. The van der Waals surface area contributed by atoms with E-state index in [0.29, 0.717) is 11.1 Å². The summed E-state index contributed by atoms with van der Waals surface area (Å²) < 4.78 is 0. The molecule has 0 N–H and O–H groups in total. The molecule has 1 heterocycles. The molecule has 0 unspecified atom stereocenters. The van der Waals surface area contributed by atoms with Crippen molar-refractivity contribution in [2.75, 3.05) is 18.5 Å². The van der Waals surface area contributed by atoms with Gasteiger partial charge >= 0.3 is 0 Å². The Morgan fingerprint density at radius 2 is 1.73 bits per heavy atom. The van der Waals surface area contributed by atoms with Crippen molar-refractivity contribution in [1.82, 2.24) is 9.97 Å². The standard InChI is InChI=1S/C11H18ClN3/c1-7(2)6-15(5)11-10(12)13-8(3)9(4)14-11/h7H,6H2,1-5H3. The van der Waals surface area contributed by atoms with Gasteiger partial charge in [0.2, 0.25) is 0 Å². The van der Waals surface area contributed by atoms with Gasteiger partial charge in [0.15, 0.2) is 11.0 Å². The van der Waals surface area contributed by atoms with Crippen LogP contribution in [0.15, 0.2) is 0 Å². The van der Waals surface area contributed by atoms with Crippen molar-refractivity contribution in [3.63, 3.8) is 0 Å². The van der Waals surface area contributed by atoms with Gasteiger partial charge in [-0.3, -0.25) is 0 Å². The monoisotopic (exact) mass is 227 g/mol. The second-order valence-corrected chi connectivity index (χ2v) is 4.64. The van der Waals surface area contributed by atoms with Crippen molar-refractivity contribution < 1.29 is 0 Å². The van der Waals surface area contributed by atoms with E-state index >= 15 is 0 Å². The molecule has 0 amide bonds. The molecule has 0 radical (unpaired) electrons. The van der Waals surface area contributed by atoms with Gasteiger partial charge in [0, 0.05) is 13.6 Å². The smallest absolute Gasteiger partial charge is 0.171 e. The van der Waals surface area contributed by atoms with Crippen molar-refractivity contribution in [2.24, 2.45) is 5.92 Å². The molecule has 0 saturated heterocycles. The van der Waals surface area contributed by atoms with Crippen LogP contribution in [0, 0.1) is 19.8 Å². The van der Waals surface area contributed by atoms with Gasteiger partial charge in [-0.25, -0.2) is 9.97 Å². The highest BCUT2D eigenvalue weighted by atomic mass is 35.5. The number of rotatable bonds is 3. The topological polar surface area (TPSA) is 29.0 Å². The summed E-state index contributed by atoms with van der Waals surface area (Å²) in [5.41, 5.74) is 1.83. The van der Waals surface area contributed by atoms with Crippen molar-refractivity contribution >= 4 is 17.4 Å². The molecule has 0 bridgehead atoms. The molecule has 0 aliphatic heterocycles. The van der Waals surface area contributed by atoms with Crippen LogP contribution in [0.3, 0.4) is 0 Å². The summed E-state index contributed by atoms with van der Waals surface area (Å²) in [6.45, 7) is 9.13. The molecule has 0 atom stereocenters. The fourth-order valence-electron chi connectivity index (χ4n) is 1.44. The second kappa shape index (κ2) is 4.79. The van der Waals surface area contributed by atoms with E-state index in [4.69, 9.17) is 11.6 Å². The molecule has 3 nitrogen and oxygen atoms in total. The molecular formula is C11H18ClN3. The van der Waals surface area contributed by atoms with Gasteiger partial charge in [-0.2, -0.15) is 0 Å². The van der Waals surface area contributed by atoms with Gasteiger partial charge in [0.1, 0.15) is 0 Å². The third-order valence-corrected chi connectivity index (χ3v) is 2.50. The molecule has 1 aromatic rings. The van der Waals surface area contributed by atoms with Crippen molar-refractivity contribution in [1.29, 1.82) is 0 Å². The van der Waals surface area contributed by atoms with Crippen LogP contribution in [-0.2, 0) is 0 Å². The van der Waals surface area contributed by atoms with Crippen LogP contribution in [0.1, 0.15) is 25.2 Å². The number of nitrogens with zero attached hydrogens (tertiary/aromatic N) is 3. The molecule has 0 fully saturated rings. The number of aromatic nitrogens is 2. The summed E-state index contributed by atoms with van der Waals surface area (Å²) in [7, 11) is 1.99. The number of aryl methyl sites for hydroxylation is 2. The van der Waals surface area contributed by atoms with Crippen LogP contribution in [0.5, 0.6) is 0 Å². The molecule has 0 aliphatic carbocycles. The van der Waals surface area contributed by atoms with Crippen LogP contribution < -0.4 is 4.90 Å². The number of hydrogen-bond acceptors (Lipinski definition) is 3. The highest BCUT2D eigenvalue weighted by molar-refractivity contribution is 6.31. The van der Waals surface area contributed by atoms with Crippen LogP contribution in [0.25, 0.3) is 0 Å². The predicted octanol–water partition coefficient (Wildman–Crippen LogP) is 2.84. The van der Waals surface area contributed by atoms with Crippen LogP contribution in [0.4, 0.5) is 5.82 Å². The Bertz CT molecular complexity index is 350. The molecule has 1 aromatic heterocycles. The van der Waals surface area contributed by atoms with Gasteiger partial charge in [-0.15, -0.1) is 0 Å². The lowest BCUT2D eigenvalue weighted by Crippen LogP contribution is -2.24. The molecule has 15 heavy (non-hydrogen) atoms. The minimum atomic E-state index is 0.487. The fourth-order valence-corrected chi connectivity index (χ4v) is 1.75. The van der Waals surface area contributed by atoms with E-state index in [1.54, 1.807) is 0 Å². The van der Waals surface area contributed by atoms with Gasteiger partial charge < -0.3 is 4.90 Å². The zero-order chi connectivity index (χ0) is 11.6. The second-order valence-electron chi connectivity index (χ2n) is 4.28. The number of hydrogen-bond donors (Lipinski definition) is 0. The molecule has 4 heteroatoms. The molecular weight excluding hydrogens is 210 g/mol. The normalized spacial score (nSPS) is 10.9. The Labute approximate surface area is 96.5 Å². The summed E-state index contributed by atoms with van der Waals surface area (Å²) >= 11 is 6.06. The highest BCUT2D eigenvalue weighted by Gasteiger charge is 2.12. The Morgan fingerprint density at radius 3 is 2.27 bits per heavy atom. The summed E-state index contributed by atoms with van der Waals surface area (Å²) in [5.74, 6) is 1.35. The van der Waals surface area contributed by atoms with Gasteiger partial charge in [0.05, 0.1) is 11.4 Å². The van der Waals surface area contributed by atoms with Crippen molar-refractivity contribution in [3.8, 4) is 0 Å². The number of halogens is 1. The van der Waals surface area contributed by atoms with Gasteiger partial charge in [0.25, 0.3) is 0 Å². The SMILES string of the molecule is Cc1nc(Cl)c(N(C)CC(C)C)nc1C. The van der Waals surface area contributed by atoms with E-state index in [9.17, 15) is 0 Å². The minimum Gasteiger partial charge on any atom is -0.357 e. The number of anilines is 1. The summed E-state index contributed by atoms with van der Waals surface area (Å²) in [6, 6.07) is 0. The summed E-state index contributed by atoms with van der Waals surface area (Å²) in [5, 5.41) is 0.487.